The minimum atomic E-state index is -3.75. The van der Waals surface area contributed by atoms with Gasteiger partial charge in [-0.05, 0) is 23.6 Å². The summed E-state index contributed by atoms with van der Waals surface area (Å²) in [6, 6.07) is 4.54. The molecule has 2 aliphatic rings. The molecule has 2 saturated heterocycles. The Kier molecular flexibility index (Phi) is 7.28. The lowest BCUT2D eigenvalue weighted by molar-refractivity contribution is 0.142. The Labute approximate surface area is 193 Å². The van der Waals surface area contributed by atoms with E-state index in [9.17, 15) is 17.6 Å². The maximum Gasteiger partial charge on any atom is 0.414 e. The number of anilines is 2. The average Bonchev–Trinajstić information content (AvgIpc) is 3.05. The number of piperazine rings is 1. The summed E-state index contributed by atoms with van der Waals surface area (Å²) in [7, 11) is -3.75. The molecule has 32 heavy (non-hydrogen) atoms. The zero-order valence-electron chi connectivity index (χ0n) is 18.5. The van der Waals surface area contributed by atoms with Gasteiger partial charge in [0.25, 0.3) is 10.2 Å². The van der Waals surface area contributed by atoms with E-state index < -0.39 is 28.2 Å². The first-order valence-electron chi connectivity index (χ1n) is 10.4. The second kappa shape index (κ2) is 9.46. The van der Waals surface area contributed by atoms with Crippen molar-refractivity contribution in [3.8, 4) is 0 Å². The van der Waals surface area contributed by atoms with Crippen LogP contribution in [0.3, 0.4) is 0 Å². The van der Waals surface area contributed by atoms with Crippen molar-refractivity contribution in [3.63, 3.8) is 0 Å². The van der Waals surface area contributed by atoms with Crippen LogP contribution in [0.5, 0.6) is 0 Å². The Hall–Kier alpha value is -2.02. The highest BCUT2D eigenvalue weighted by Crippen LogP contribution is 2.28. The van der Waals surface area contributed by atoms with E-state index in [0.29, 0.717) is 36.0 Å². The third kappa shape index (κ3) is 6.27. The molecule has 2 heterocycles. The minimum Gasteiger partial charge on any atom is -0.442 e. The number of nitrogens with one attached hydrogen (secondary N) is 1. The van der Waals surface area contributed by atoms with Gasteiger partial charge in [-0.15, -0.1) is 0 Å². The van der Waals surface area contributed by atoms with E-state index in [-0.39, 0.29) is 25.0 Å². The van der Waals surface area contributed by atoms with Crippen molar-refractivity contribution in [1.82, 2.24) is 9.62 Å². The summed E-state index contributed by atoms with van der Waals surface area (Å²) in [5.74, 6) is -0.493. The number of thiocarbonyl (C=S) groups is 1. The summed E-state index contributed by atoms with van der Waals surface area (Å²) >= 11 is 5.35. The van der Waals surface area contributed by atoms with Crippen LogP contribution in [0, 0.1) is 11.2 Å². The molecule has 12 heteroatoms. The molecule has 0 saturated carbocycles. The molecule has 0 aliphatic carbocycles. The topological polar surface area (TPSA) is 108 Å². The lowest BCUT2D eigenvalue weighted by Gasteiger charge is -2.34. The standard InChI is InChI=1S/C20H30FN5O4S2/c1-20(2,3)11-18(31)23-12-15-13-26(19(27)30-15)14-4-5-17(16(21)10-14)24-6-8-25(9-7-24)32(22,28)29/h4-5,10,15H,6-9,11-13H2,1-3H3,(H,23,31)(H2,22,28,29). The third-order valence-electron chi connectivity index (χ3n) is 5.27. The quantitative estimate of drug-likeness (QED) is 0.590. The number of nitrogens with zero attached hydrogens (tertiary/aromatic N) is 3. The Bertz CT molecular complexity index is 975. The Morgan fingerprint density at radius 3 is 2.50 bits per heavy atom. The summed E-state index contributed by atoms with van der Waals surface area (Å²) in [5.41, 5.74) is 0.813. The molecule has 9 nitrogen and oxygen atoms in total. The Morgan fingerprint density at radius 1 is 1.28 bits per heavy atom. The van der Waals surface area contributed by atoms with E-state index in [1.165, 1.54) is 11.0 Å². The first kappa shape index (κ1) is 24.6. The van der Waals surface area contributed by atoms with E-state index in [1.54, 1.807) is 17.0 Å². The van der Waals surface area contributed by atoms with Crippen LogP contribution in [0.2, 0.25) is 0 Å². The van der Waals surface area contributed by atoms with Crippen LogP contribution in [0.25, 0.3) is 0 Å². The van der Waals surface area contributed by atoms with Gasteiger partial charge in [0.2, 0.25) is 0 Å². The van der Waals surface area contributed by atoms with Gasteiger partial charge in [0, 0.05) is 32.6 Å². The summed E-state index contributed by atoms with van der Waals surface area (Å²) in [4.78, 5) is 16.2. The highest BCUT2D eigenvalue weighted by atomic mass is 32.2. The Balaban J connectivity index is 1.59. The van der Waals surface area contributed by atoms with Crippen molar-refractivity contribution < 1.29 is 22.3 Å². The summed E-state index contributed by atoms with van der Waals surface area (Å²) < 4.78 is 44.3. The SMILES string of the molecule is CC(C)(C)CC(=S)NCC1CN(c2ccc(N3CCN(S(N)(=O)=O)CC3)c(F)c2)C(=O)O1. The molecule has 0 aromatic heterocycles. The Morgan fingerprint density at radius 2 is 1.94 bits per heavy atom. The average molecular weight is 488 g/mol. The third-order valence-corrected chi connectivity index (χ3v) is 6.65. The molecule has 3 N–H and O–H groups in total. The molecule has 2 fully saturated rings. The fourth-order valence-corrected chi connectivity index (χ4v) is 4.90. The first-order chi connectivity index (χ1) is 14.8. The molecule has 2 aliphatic heterocycles. The molecule has 0 radical (unpaired) electrons. The maximum absolute atomic E-state index is 14.8. The number of hydrogen-bond donors (Lipinski definition) is 2. The van der Waals surface area contributed by atoms with Crippen LogP contribution < -0.4 is 20.3 Å². The fourth-order valence-electron chi connectivity index (χ4n) is 3.71. The van der Waals surface area contributed by atoms with Crippen molar-refractivity contribution in [3.05, 3.63) is 24.0 Å². The molecule has 0 bridgehead atoms. The highest BCUT2D eigenvalue weighted by Gasteiger charge is 2.33. The van der Waals surface area contributed by atoms with Crippen molar-refractivity contribution in [2.24, 2.45) is 10.6 Å². The maximum atomic E-state index is 14.8. The highest BCUT2D eigenvalue weighted by molar-refractivity contribution is 7.86. The van der Waals surface area contributed by atoms with E-state index in [0.717, 1.165) is 10.7 Å². The number of hydrogen-bond acceptors (Lipinski definition) is 6. The van der Waals surface area contributed by atoms with E-state index in [2.05, 4.69) is 26.1 Å². The van der Waals surface area contributed by atoms with Gasteiger partial charge in [-0.2, -0.15) is 12.7 Å². The van der Waals surface area contributed by atoms with Gasteiger partial charge in [0.05, 0.1) is 29.5 Å². The lowest BCUT2D eigenvalue weighted by atomic mass is 9.92. The number of cyclic esters (lactones) is 1. The van der Waals surface area contributed by atoms with Crippen LogP contribution >= 0.6 is 12.2 Å². The zero-order valence-corrected chi connectivity index (χ0v) is 20.1. The van der Waals surface area contributed by atoms with Gasteiger partial charge in [-0.1, -0.05) is 33.0 Å². The number of carbonyl (C=O) groups excluding carboxylic acids is 1. The van der Waals surface area contributed by atoms with Crippen molar-refractivity contribution in [1.29, 1.82) is 0 Å². The van der Waals surface area contributed by atoms with Gasteiger partial charge < -0.3 is 15.0 Å². The number of amides is 1. The molecule has 1 amide bonds. The second-order valence-corrected chi connectivity index (χ2v) is 11.3. The van der Waals surface area contributed by atoms with Crippen LogP contribution in [0.15, 0.2) is 18.2 Å². The van der Waals surface area contributed by atoms with Crippen LogP contribution in [-0.4, -0.2) is 69.2 Å². The first-order valence-corrected chi connectivity index (χ1v) is 12.3. The molecule has 1 atom stereocenters. The van der Waals surface area contributed by atoms with Crippen LogP contribution in [0.4, 0.5) is 20.6 Å². The predicted molar refractivity (Wildman–Crippen MR) is 126 cm³/mol. The van der Waals surface area contributed by atoms with Gasteiger partial charge >= 0.3 is 6.09 Å². The van der Waals surface area contributed by atoms with E-state index in [1.807, 2.05) is 0 Å². The van der Waals surface area contributed by atoms with Crippen LogP contribution in [-0.2, 0) is 14.9 Å². The number of ether oxygens (including phenoxy) is 1. The van der Waals surface area contributed by atoms with E-state index in [4.69, 9.17) is 22.1 Å². The molecule has 0 spiro atoms. The molecule has 3 rings (SSSR count). The molecule has 1 unspecified atom stereocenters. The summed E-state index contributed by atoms with van der Waals surface area (Å²) in [6.07, 6.45) is -0.202. The molecular weight excluding hydrogens is 457 g/mol. The monoisotopic (exact) mass is 487 g/mol. The number of benzene rings is 1. The zero-order chi connectivity index (χ0) is 23.7. The van der Waals surface area contributed by atoms with Gasteiger partial charge in [0.15, 0.2) is 0 Å². The lowest BCUT2D eigenvalue weighted by Crippen LogP contribution is -2.50. The van der Waals surface area contributed by atoms with E-state index >= 15 is 0 Å². The summed E-state index contributed by atoms with van der Waals surface area (Å²) in [5, 5.41) is 8.29. The number of carbonyl (C=O) groups is 1. The molecule has 1 aromatic carbocycles. The van der Waals surface area contributed by atoms with Gasteiger partial charge in [-0.3, -0.25) is 4.90 Å². The number of nitrogens with two attached hydrogens (primary N) is 1. The smallest absolute Gasteiger partial charge is 0.414 e. The van der Waals surface area contributed by atoms with Crippen molar-refractivity contribution >= 4 is 44.9 Å². The van der Waals surface area contributed by atoms with Crippen molar-refractivity contribution in [2.75, 3.05) is 49.1 Å². The molecular formula is C20H30FN5O4S2. The number of rotatable bonds is 6. The number of halogens is 1. The fraction of sp³-hybridized carbons (Fsp3) is 0.600. The molecule has 1 aromatic rings. The van der Waals surface area contributed by atoms with Gasteiger partial charge in [0.1, 0.15) is 11.9 Å². The van der Waals surface area contributed by atoms with Crippen LogP contribution in [0.1, 0.15) is 27.2 Å². The largest absolute Gasteiger partial charge is 0.442 e. The summed E-state index contributed by atoms with van der Waals surface area (Å²) in [6.45, 7) is 7.97. The van der Waals surface area contributed by atoms with Crippen molar-refractivity contribution in [2.45, 2.75) is 33.3 Å². The molecule has 178 valence electrons. The predicted octanol–water partition coefficient (Wildman–Crippen LogP) is 1.83. The minimum absolute atomic E-state index is 0.0625. The van der Waals surface area contributed by atoms with Gasteiger partial charge in [-0.25, -0.2) is 14.3 Å². The normalized spacial score (nSPS) is 20.4. The second-order valence-electron chi connectivity index (χ2n) is 9.22.